The summed E-state index contributed by atoms with van der Waals surface area (Å²) in [5.41, 5.74) is 2.52. The highest BCUT2D eigenvalue weighted by atomic mass is 32.2. The summed E-state index contributed by atoms with van der Waals surface area (Å²) in [6.45, 7) is 4.09. The van der Waals surface area contributed by atoms with E-state index in [9.17, 15) is 4.79 Å². The van der Waals surface area contributed by atoms with Crippen molar-refractivity contribution in [3.63, 3.8) is 0 Å². The van der Waals surface area contributed by atoms with Crippen LogP contribution in [0.25, 0.3) is 11.5 Å². The minimum Gasteiger partial charge on any atom is -0.411 e. The van der Waals surface area contributed by atoms with Crippen LogP contribution in [0.15, 0.2) is 38.7 Å². The van der Waals surface area contributed by atoms with Gasteiger partial charge in [-0.3, -0.25) is 9.78 Å². The molecule has 0 aliphatic rings. The van der Waals surface area contributed by atoms with Crippen molar-refractivity contribution in [3.8, 4) is 11.5 Å². The van der Waals surface area contributed by atoms with Gasteiger partial charge in [0.25, 0.3) is 5.22 Å². The Labute approximate surface area is 148 Å². The normalized spacial score (nSPS) is 10.8. The molecule has 25 heavy (non-hydrogen) atoms. The summed E-state index contributed by atoms with van der Waals surface area (Å²) in [6.07, 6.45) is 3.67. The van der Waals surface area contributed by atoms with Crippen LogP contribution in [0.5, 0.6) is 0 Å². The maximum Gasteiger partial charge on any atom is 0.276 e. The Bertz CT molecular complexity index is 827. The number of carbonyl (C=O) groups is 1. The number of rotatable bonds is 7. The van der Waals surface area contributed by atoms with Crippen LogP contribution in [0.3, 0.4) is 0 Å². The third-order valence-corrected chi connectivity index (χ3v) is 4.35. The molecule has 1 amide bonds. The van der Waals surface area contributed by atoms with Crippen molar-refractivity contribution in [3.05, 3.63) is 41.5 Å². The molecule has 0 aliphatic heterocycles. The highest BCUT2D eigenvalue weighted by Crippen LogP contribution is 2.22. The number of thioether (sulfide) groups is 1. The first kappa shape index (κ1) is 17.2. The molecule has 8 nitrogen and oxygen atoms in total. The van der Waals surface area contributed by atoms with E-state index < -0.39 is 0 Å². The molecule has 1 N–H and O–H groups in total. The number of nitrogens with zero attached hydrogens (tertiary/aromatic N) is 4. The number of aromatic nitrogens is 4. The summed E-state index contributed by atoms with van der Waals surface area (Å²) in [7, 11) is 0. The van der Waals surface area contributed by atoms with Gasteiger partial charge in [0, 0.05) is 42.2 Å². The highest BCUT2D eigenvalue weighted by molar-refractivity contribution is 7.99. The van der Waals surface area contributed by atoms with Crippen LogP contribution in [-0.2, 0) is 11.3 Å². The lowest BCUT2D eigenvalue weighted by Crippen LogP contribution is -2.23. The molecule has 3 aromatic heterocycles. The molecule has 0 aliphatic carbocycles. The third-order valence-electron chi connectivity index (χ3n) is 3.53. The summed E-state index contributed by atoms with van der Waals surface area (Å²) in [5.74, 6) is 1.65. The van der Waals surface area contributed by atoms with Crippen molar-refractivity contribution in [2.24, 2.45) is 0 Å². The molecule has 0 unspecified atom stereocenters. The molecule has 0 saturated heterocycles. The fraction of sp³-hybridized carbons (Fsp3) is 0.312. The van der Waals surface area contributed by atoms with Crippen LogP contribution < -0.4 is 5.32 Å². The zero-order valence-corrected chi connectivity index (χ0v) is 14.7. The standard InChI is InChI=1S/C16H17N5O3S/c1-10-13(11(2)24-21-10)9-18-14(22)5-8-25-16-20-19-15(23-16)12-3-6-17-7-4-12/h3-4,6-7H,5,8-9H2,1-2H3,(H,18,22). The maximum absolute atomic E-state index is 11.9. The first-order valence-corrected chi connectivity index (χ1v) is 8.67. The van der Waals surface area contributed by atoms with E-state index in [1.54, 1.807) is 24.5 Å². The average molecular weight is 359 g/mol. The van der Waals surface area contributed by atoms with Gasteiger partial charge in [-0.05, 0) is 26.0 Å². The van der Waals surface area contributed by atoms with Gasteiger partial charge in [-0.15, -0.1) is 10.2 Å². The molecule has 0 saturated carbocycles. The predicted molar refractivity (Wildman–Crippen MR) is 90.7 cm³/mol. The number of aryl methyl sites for hydroxylation is 2. The van der Waals surface area contributed by atoms with E-state index in [1.165, 1.54) is 11.8 Å². The number of nitrogens with one attached hydrogen (secondary N) is 1. The van der Waals surface area contributed by atoms with E-state index in [2.05, 4.69) is 25.7 Å². The van der Waals surface area contributed by atoms with Gasteiger partial charge in [0.2, 0.25) is 11.8 Å². The van der Waals surface area contributed by atoms with E-state index in [1.807, 2.05) is 13.8 Å². The highest BCUT2D eigenvalue weighted by Gasteiger charge is 2.12. The number of carbonyl (C=O) groups excluding carboxylic acids is 1. The summed E-state index contributed by atoms with van der Waals surface area (Å²) < 4.78 is 10.6. The summed E-state index contributed by atoms with van der Waals surface area (Å²) >= 11 is 1.35. The molecule has 3 aromatic rings. The predicted octanol–water partition coefficient (Wildman–Crippen LogP) is 2.54. The largest absolute Gasteiger partial charge is 0.411 e. The molecule has 0 bridgehead atoms. The van der Waals surface area contributed by atoms with Crippen molar-refractivity contribution in [2.75, 3.05) is 5.75 Å². The average Bonchev–Trinajstić information content (AvgIpc) is 3.21. The quantitative estimate of drug-likeness (QED) is 0.641. The second-order valence-corrected chi connectivity index (χ2v) is 6.33. The molecular weight excluding hydrogens is 342 g/mol. The lowest BCUT2D eigenvalue weighted by molar-refractivity contribution is -0.120. The zero-order valence-electron chi connectivity index (χ0n) is 13.9. The minimum absolute atomic E-state index is 0.0543. The van der Waals surface area contributed by atoms with Gasteiger partial charge < -0.3 is 14.3 Å². The van der Waals surface area contributed by atoms with Crippen LogP contribution in [0, 0.1) is 13.8 Å². The molecular formula is C16H17N5O3S. The van der Waals surface area contributed by atoms with Gasteiger partial charge in [0.15, 0.2) is 0 Å². The minimum atomic E-state index is -0.0543. The fourth-order valence-electron chi connectivity index (χ4n) is 2.14. The van der Waals surface area contributed by atoms with Crippen LogP contribution in [0.4, 0.5) is 0 Å². The SMILES string of the molecule is Cc1noc(C)c1CNC(=O)CCSc1nnc(-c2ccncc2)o1. The Morgan fingerprint density at radius 1 is 1.24 bits per heavy atom. The Balaban J connectivity index is 1.44. The Morgan fingerprint density at radius 2 is 2.04 bits per heavy atom. The van der Waals surface area contributed by atoms with Gasteiger partial charge in [-0.25, -0.2) is 0 Å². The van der Waals surface area contributed by atoms with E-state index >= 15 is 0 Å². The Hall–Kier alpha value is -2.68. The molecule has 9 heteroatoms. The van der Waals surface area contributed by atoms with Crippen molar-refractivity contribution in [2.45, 2.75) is 32.0 Å². The zero-order chi connectivity index (χ0) is 17.6. The molecule has 3 heterocycles. The number of hydrogen-bond acceptors (Lipinski definition) is 8. The van der Waals surface area contributed by atoms with E-state index in [-0.39, 0.29) is 5.91 Å². The molecule has 0 aromatic carbocycles. The van der Waals surface area contributed by atoms with Gasteiger partial charge in [-0.1, -0.05) is 16.9 Å². The van der Waals surface area contributed by atoms with Crippen molar-refractivity contribution in [1.29, 1.82) is 0 Å². The van der Waals surface area contributed by atoms with Gasteiger partial charge in [0.1, 0.15) is 5.76 Å². The molecule has 0 radical (unpaired) electrons. The number of pyridine rings is 1. The first-order chi connectivity index (χ1) is 12.1. The summed E-state index contributed by atoms with van der Waals surface area (Å²) in [6, 6.07) is 3.59. The molecule has 0 atom stereocenters. The second-order valence-electron chi connectivity index (χ2n) is 5.29. The van der Waals surface area contributed by atoms with Crippen LogP contribution in [-0.4, -0.2) is 32.0 Å². The Morgan fingerprint density at radius 3 is 2.76 bits per heavy atom. The topological polar surface area (TPSA) is 107 Å². The van der Waals surface area contributed by atoms with Crippen LogP contribution in [0.2, 0.25) is 0 Å². The molecule has 130 valence electrons. The van der Waals surface area contributed by atoms with Crippen molar-refractivity contribution in [1.82, 2.24) is 25.7 Å². The fourth-order valence-corrected chi connectivity index (χ4v) is 2.84. The second kappa shape index (κ2) is 7.93. The van der Waals surface area contributed by atoms with Crippen LogP contribution >= 0.6 is 11.8 Å². The summed E-state index contributed by atoms with van der Waals surface area (Å²) in [5, 5.41) is 15.1. The first-order valence-electron chi connectivity index (χ1n) is 7.68. The smallest absolute Gasteiger partial charge is 0.276 e. The number of amides is 1. The summed E-state index contributed by atoms with van der Waals surface area (Å²) in [4.78, 5) is 15.9. The molecule has 3 rings (SSSR count). The maximum atomic E-state index is 11.9. The van der Waals surface area contributed by atoms with E-state index in [0.29, 0.717) is 29.8 Å². The Kier molecular flexibility index (Phi) is 5.44. The van der Waals surface area contributed by atoms with E-state index in [0.717, 1.165) is 22.6 Å². The van der Waals surface area contributed by atoms with E-state index in [4.69, 9.17) is 8.94 Å². The van der Waals surface area contributed by atoms with Crippen molar-refractivity contribution >= 4 is 17.7 Å². The molecule has 0 fully saturated rings. The van der Waals surface area contributed by atoms with Crippen molar-refractivity contribution < 1.29 is 13.7 Å². The van der Waals surface area contributed by atoms with Gasteiger partial charge in [-0.2, -0.15) is 0 Å². The number of hydrogen-bond donors (Lipinski definition) is 1. The van der Waals surface area contributed by atoms with Gasteiger partial charge >= 0.3 is 0 Å². The van der Waals surface area contributed by atoms with Crippen LogP contribution in [0.1, 0.15) is 23.4 Å². The third kappa shape index (κ3) is 4.44. The lowest BCUT2D eigenvalue weighted by atomic mass is 10.2. The van der Waals surface area contributed by atoms with Gasteiger partial charge in [0.05, 0.1) is 5.69 Å². The monoisotopic (exact) mass is 359 g/mol. The molecule has 0 spiro atoms. The lowest BCUT2D eigenvalue weighted by Gasteiger charge is -2.03.